The molecule has 1 aliphatic rings. The number of carbonyl (C=O) groups is 1. The maximum absolute atomic E-state index is 12.5. The summed E-state index contributed by atoms with van der Waals surface area (Å²) in [5.41, 5.74) is 2.49. The van der Waals surface area contributed by atoms with E-state index in [4.69, 9.17) is 0 Å². The summed E-state index contributed by atoms with van der Waals surface area (Å²) in [7, 11) is -6.90. The normalized spacial score (nSPS) is 16.3. The van der Waals surface area contributed by atoms with Crippen molar-refractivity contribution in [3.05, 3.63) is 60.2 Å². The molecule has 3 rings (SSSR count). The fourth-order valence-corrected chi connectivity index (χ4v) is 5.41. The molecule has 30 heavy (non-hydrogen) atoms. The van der Waals surface area contributed by atoms with Crippen LogP contribution in [-0.4, -0.2) is 76.1 Å². The maximum Gasteiger partial charge on any atom is 0.251 e. The molecule has 8 nitrogen and oxygen atoms in total. The van der Waals surface area contributed by atoms with Gasteiger partial charge in [-0.3, -0.25) is 4.79 Å². The molecule has 0 bridgehead atoms. The van der Waals surface area contributed by atoms with Crippen molar-refractivity contribution >= 4 is 26.0 Å². The Bertz CT molecular complexity index is 1080. The van der Waals surface area contributed by atoms with Crippen LogP contribution in [0.1, 0.15) is 10.4 Å². The second kappa shape index (κ2) is 9.25. The molecule has 0 saturated carbocycles. The van der Waals surface area contributed by atoms with Gasteiger partial charge in [-0.25, -0.2) is 16.8 Å². The molecule has 0 radical (unpaired) electrons. The van der Waals surface area contributed by atoms with Crippen LogP contribution in [0, 0.1) is 0 Å². The summed E-state index contributed by atoms with van der Waals surface area (Å²) in [6.07, 6.45) is 1.11. The van der Waals surface area contributed by atoms with E-state index < -0.39 is 20.0 Å². The minimum absolute atomic E-state index is 0.0199. The zero-order valence-corrected chi connectivity index (χ0v) is 18.3. The number of nitrogens with zero attached hydrogens (tertiary/aromatic N) is 2. The summed E-state index contributed by atoms with van der Waals surface area (Å²) in [4.78, 5) is 12.3. The number of sulfonamides is 2. The molecule has 2 aromatic rings. The van der Waals surface area contributed by atoms with Crippen LogP contribution in [0.3, 0.4) is 0 Å². The van der Waals surface area contributed by atoms with Gasteiger partial charge in [-0.1, -0.05) is 42.5 Å². The Morgan fingerprint density at radius 2 is 1.37 bits per heavy atom. The quantitative estimate of drug-likeness (QED) is 0.676. The molecule has 1 heterocycles. The van der Waals surface area contributed by atoms with Crippen molar-refractivity contribution in [3.63, 3.8) is 0 Å². The lowest BCUT2D eigenvalue weighted by atomic mass is 10.0. The van der Waals surface area contributed by atoms with Gasteiger partial charge in [0, 0.05) is 38.3 Å². The predicted octanol–water partition coefficient (Wildman–Crippen LogP) is 0.990. The number of hydrogen-bond donors (Lipinski definition) is 1. The summed E-state index contributed by atoms with van der Waals surface area (Å²) in [5, 5.41) is 2.64. The molecule has 0 aliphatic carbocycles. The molecule has 1 aliphatic heterocycles. The van der Waals surface area contributed by atoms with Crippen LogP contribution in [0.2, 0.25) is 0 Å². The van der Waals surface area contributed by atoms with Crippen LogP contribution in [0.5, 0.6) is 0 Å². The van der Waals surface area contributed by atoms with Crippen molar-refractivity contribution in [1.82, 2.24) is 13.9 Å². The van der Waals surface area contributed by atoms with Crippen LogP contribution in [-0.2, 0) is 20.0 Å². The van der Waals surface area contributed by atoms with Gasteiger partial charge >= 0.3 is 0 Å². The van der Waals surface area contributed by atoms with Gasteiger partial charge in [0.05, 0.1) is 12.0 Å². The van der Waals surface area contributed by atoms with E-state index in [1.54, 1.807) is 12.1 Å². The number of carbonyl (C=O) groups excluding carboxylic acids is 1. The number of amides is 1. The summed E-state index contributed by atoms with van der Waals surface area (Å²) < 4.78 is 50.5. The van der Waals surface area contributed by atoms with Gasteiger partial charge < -0.3 is 5.32 Å². The first-order chi connectivity index (χ1) is 14.2. The summed E-state index contributed by atoms with van der Waals surface area (Å²) in [5.74, 6) is -0.577. The van der Waals surface area contributed by atoms with E-state index in [9.17, 15) is 21.6 Å². The third-order valence-electron chi connectivity index (χ3n) is 4.96. The highest BCUT2D eigenvalue weighted by Crippen LogP contribution is 2.19. The maximum atomic E-state index is 12.5. The Hall–Kier alpha value is -2.27. The highest BCUT2D eigenvalue weighted by atomic mass is 32.2. The first-order valence-corrected chi connectivity index (χ1v) is 13.0. The topological polar surface area (TPSA) is 104 Å². The summed E-state index contributed by atoms with van der Waals surface area (Å²) in [6.45, 7) is 0.485. The fourth-order valence-electron chi connectivity index (χ4n) is 3.25. The molecular weight excluding hydrogens is 426 g/mol. The minimum atomic E-state index is -3.58. The minimum Gasteiger partial charge on any atom is -0.351 e. The van der Waals surface area contributed by atoms with Crippen LogP contribution in [0.4, 0.5) is 0 Å². The van der Waals surface area contributed by atoms with Crippen molar-refractivity contribution in [3.8, 4) is 11.1 Å². The Balaban J connectivity index is 1.50. The smallest absolute Gasteiger partial charge is 0.251 e. The second-order valence-electron chi connectivity index (χ2n) is 7.08. The van der Waals surface area contributed by atoms with Crippen molar-refractivity contribution in [2.24, 2.45) is 0 Å². The second-order valence-corrected chi connectivity index (χ2v) is 11.1. The Kier molecular flexibility index (Phi) is 6.91. The molecule has 162 valence electrons. The molecule has 1 amide bonds. The molecule has 0 unspecified atom stereocenters. The van der Waals surface area contributed by atoms with Crippen molar-refractivity contribution in [2.45, 2.75) is 0 Å². The first kappa shape index (κ1) is 22.4. The lowest BCUT2D eigenvalue weighted by Crippen LogP contribution is -2.51. The molecule has 0 spiro atoms. The van der Waals surface area contributed by atoms with Crippen molar-refractivity contribution < 1.29 is 21.6 Å². The fraction of sp³-hybridized carbons (Fsp3) is 0.350. The third-order valence-corrected chi connectivity index (χ3v) is 8.13. The van der Waals surface area contributed by atoms with Gasteiger partial charge in [0.25, 0.3) is 5.91 Å². The molecule has 1 fully saturated rings. The van der Waals surface area contributed by atoms with Crippen molar-refractivity contribution in [2.75, 3.05) is 44.7 Å². The standard InChI is InChI=1S/C20H25N3O5S2/c1-29(25,26)22-12-14-23(15-13-22)30(27,28)16-11-21-20(24)19-9-7-18(8-10-19)17-5-3-2-4-6-17/h2-10H,11-16H2,1H3,(H,21,24). The molecule has 0 aromatic heterocycles. The average molecular weight is 452 g/mol. The molecule has 0 atom stereocenters. The van der Waals surface area contributed by atoms with E-state index in [1.165, 1.54) is 8.61 Å². The monoisotopic (exact) mass is 451 g/mol. The number of piperazine rings is 1. The van der Waals surface area contributed by atoms with E-state index in [1.807, 2.05) is 42.5 Å². The zero-order chi connectivity index (χ0) is 21.8. The number of benzene rings is 2. The average Bonchev–Trinajstić information content (AvgIpc) is 2.74. The van der Waals surface area contributed by atoms with Gasteiger partial charge in [-0.2, -0.15) is 8.61 Å². The number of nitrogens with one attached hydrogen (secondary N) is 1. The number of rotatable bonds is 7. The Morgan fingerprint density at radius 3 is 1.93 bits per heavy atom. The van der Waals surface area contributed by atoms with Crippen LogP contribution in [0.25, 0.3) is 11.1 Å². The molecule has 10 heteroatoms. The van der Waals surface area contributed by atoms with Crippen molar-refractivity contribution in [1.29, 1.82) is 0 Å². The third kappa shape index (κ3) is 5.66. The first-order valence-electron chi connectivity index (χ1n) is 9.53. The lowest BCUT2D eigenvalue weighted by Gasteiger charge is -2.32. The molecular formula is C20H25N3O5S2. The Morgan fingerprint density at radius 1 is 0.833 bits per heavy atom. The van der Waals surface area contributed by atoms with E-state index >= 15 is 0 Å². The van der Waals surface area contributed by atoms with E-state index in [-0.39, 0.29) is 44.4 Å². The van der Waals surface area contributed by atoms with Crippen LogP contribution < -0.4 is 5.32 Å². The van der Waals surface area contributed by atoms with Gasteiger partial charge in [0.1, 0.15) is 0 Å². The largest absolute Gasteiger partial charge is 0.351 e. The lowest BCUT2D eigenvalue weighted by molar-refractivity contribution is 0.0956. The number of hydrogen-bond acceptors (Lipinski definition) is 5. The highest BCUT2D eigenvalue weighted by Gasteiger charge is 2.30. The van der Waals surface area contributed by atoms with Crippen LogP contribution in [0.15, 0.2) is 54.6 Å². The van der Waals surface area contributed by atoms with Gasteiger partial charge in [-0.05, 0) is 23.3 Å². The van der Waals surface area contributed by atoms with Gasteiger partial charge in [-0.15, -0.1) is 0 Å². The molecule has 1 N–H and O–H groups in total. The summed E-state index contributed by atoms with van der Waals surface area (Å²) >= 11 is 0. The predicted molar refractivity (Wildman–Crippen MR) is 116 cm³/mol. The summed E-state index contributed by atoms with van der Waals surface area (Å²) in [6, 6.07) is 16.9. The zero-order valence-electron chi connectivity index (χ0n) is 16.7. The van der Waals surface area contributed by atoms with E-state index in [2.05, 4.69) is 5.32 Å². The van der Waals surface area contributed by atoms with Gasteiger partial charge in [0.15, 0.2) is 0 Å². The SMILES string of the molecule is CS(=O)(=O)N1CCN(S(=O)(=O)CCNC(=O)c2ccc(-c3ccccc3)cc2)CC1. The Labute approximate surface area is 177 Å². The molecule has 2 aromatic carbocycles. The molecule has 1 saturated heterocycles. The highest BCUT2D eigenvalue weighted by molar-refractivity contribution is 7.89. The van der Waals surface area contributed by atoms with E-state index in [0.29, 0.717) is 5.56 Å². The van der Waals surface area contributed by atoms with E-state index in [0.717, 1.165) is 17.4 Å². The van der Waals surface area contributed by atoms with Gasteiger partial charge in [0.2, 0.25) is 20.0 Å². The van der Waals surface area contributed by atoms with Crippen LogP contribution >= 0.6 is 0 Å².